The number of hydrogen-bond donors (Lipinski definition) is 2. The van der Waals surface area contributed by atoms with Crippen LogP contribution in [0.15, 0.2) is 18.3 Å². The Morgan fingerprint density at radius 3 is 2.85 bits per heavy atom. The molecule has 5 heteroatoms. The lowest BCUT2D eigenvalue weighted by Gasteiger charge is -2.29. The molecule has 0 amide bonds. The summed E-state index contributed by atoms with van der Waals surface area (Å²) in [5.41, 5.74) is 4.09. The van der Waals surface area contributed by atoms with Crippen molar-refractivity contribution in [1.82, 2.24) is 14.3 Å². The maximum Gasteiger partial charge on any atom is 0.135 e. The summed E-state index contributed by atoms with van der Waals surface area (Å²) in [6.07, 6.45) is 7.49. The highest BCUT2D eigenvalue weighted by molar-refractivity contribution is 5.36. The summed E-state index contributed by atoms with van der Waals surface area (Å²) in [5.74, 6) is 1.17. The fraction of sp³-hybridized carbons (Fsp3) is 0.682. The third kappa shape index (κ3) is 4.64. The Bertz CT molecular complexity index is 727. The number of nitrogens with two attached hydrogens (primary N) is 1. The summed E-state index contributed by atoms with van der Waals surface area (Å²) >= 11 is 0. The summed E-state index contributed by atoms with van der Waals surface area (Å²) in [4.78, 5) is 1.83. The monoisotopic (exact) mass is 373 g/mol. The molecule has 1 aliphatic rings. The van der Waals surface area contributed by atoms with Gasteiger partial charge in [0.2, 0.25) is 0 Å². The van der Waals surface area contributed by atoms with Crippen LogP contribution < -0.4 is 10.2 Å². The van der Waals surface area contributed by atoms with Gasteiger partial charge in [0, 0.05) is 35.5 Å². The molecule has 3 N–H and O–H groups in total. The van der Waals surface area contributed by atoms with E-state index in [9.17, 15) is 0 Å². The first-order chi connectivity index (χ1) is 13.0. The van der Waals surface area contributed by atoms with Gasteiger partial charge in [-0.15, -0.1) is 0 Å². The molecular formula is C22H39N5+2. The predicted octanol–water partition coefficient (Wildman–Crippen LogP) is 1.78. The minimum Gasteiger partial charge on any atom is -0.342 e. The van der Waals surface area contributed by atoms with Crippen molar-refractivity contribution in [2.75, 3.05) is 19.6 Å². The van der Waals surface area contributed by atoms with Gasteiger partial charge in [-0.2, -0.15) is 5.10 Å². The number of aryl methyl sites for hydroxylation is 1. The van der Waals surface area contributed by atoms with Gasteiger partial charge in [0.1, 0.15) is 12.4 Å². The molecule has 1 unspecified atom stereocenters. The van der Waals surface area contributed by atoms with Crippen LogP contribution in [0.25, 0.3) is 5.82 Å². The number of aromatic nitrogens is 3. The number of rotatable bonds is 8. The molecule has 0 spiro atoms. The number of nitrogens with one attached hydrogen (secondary N) is 1. The van der Waals surface area contributed by atoms with Crippen molar-refractivity contribution >= 4 is 0 Å². The Hall–Kier alpha value is -1.59. The Morgan fingerprint density at radius 1 is 1.30 bits per heavy atom. The van der Waals surface area contributed by atoms with Gasteiger partial charge in [-0.05, 0) is 59.9 Å². The molecule has 150 valence electrons. The van der Waals surface area contributed by atoms with Crippen molar-refractivity contribution in [2.45, 2.75) is 78.9 Å². The largest absolute Gasteiger partial charge is 0.342 e. The number of hydrogen-bond acceptors (Lipinski definition) is 1. The summed E-state index contributed by atoms with van der Waals surface area (Å²) in [5, 5.41) is 6.99. The molecule has 1 saturated heterocycles. The van der Waals surface area contributed by atoms with Gasteiger partial charge in [0.05, 0.1) is 31.9 Å². The molecule has 0 aliphatic carbocycles. The lowest BCUT2D eigenvalue weighted by Crippen LogP contribution is -3.16. The zero-order chi connectivity index (χ0) is 19.4. The van der Waals surface area contributed by atoms with Crippen LogP contribution in [0, 0.1) is 13.8 Å². The zero-order valence-corrected chi connectivity index (χ0v) is 18.0. The molecule has 27 heavy (non-hydrogen) atoms. The minimum atomic E-state index is 0.367. The van der Waals surface area contributed by atoms with Crippen LogP contribution in [0.4, 0.5) is 0 Å². The van der Waals surface area contributed by atoms with Gasteiger partial charge in [-0.25, -0.2) is 4.68 Å². The minimum absolute atomic E-state index is 0.367. The summed E-state index contributed by atoms with van der Waals surface area (Å²) in [6.45, 7) is 16.3. The van der Waals surface area contributed by atoms with E-state index in [4.69, 9.17) is 0 Å². The van der Waals surface area contributed by atoms with E-state index in [1.165, 1.54) is 68.1 Å². The smallest absolute Gasteiger partial charge is 0.135 e. The molecule has 1 aliphatic heterocycles. The fourth-order valence-corrected chi connectivity index (χ4v) is 4.63. The van der Waals surface area contributed by atoms with Gasteiger partial charge < -0.3 is 14.8 Å². The Labute approximate surface area is 164 Å². The second-order valence-corrected chi connectivity index (χ2v) is 8.65. The third-order valence-corrected chi connectivity index (χ3v) is 6.26. The van der Waals surface area contributed by atoms with Crippen molar-refractivity contribution in [3.63, 3.8) is 0 Å². The molecule has 3 rings (SSSR count). The van der Waals surface area contributed by atoms with E-state index in [1.807, 2.05) is 11.1 Å². The van der Waals surface area contributed by atoms with E-state index < -0.39 is 0 Å². The molecule has 0 aromatic carbocycles. The Kier molecular flexibility index (Phi) is 6.77. The molecular weight excluding hydrogens is 334 g/mol. The molecule has 2 aromatic rings. The van der Waals surface area contributed by atoms with Crippen molar-refractivity contribution < 1.29 is 10.2 Å². The standard InChI is InChI=1S/C22H37N5/c1-17(2)27-22(10-12-24-27)26-19(4)15-21(20(26)5)16-23-11-8-14-25-13-7-6-9-18(25)3/h10,12,15,17-18,23H,6-9,11,13-14,16H2,1-5H3/p+2/t18-/m0/s1. The maximum atomic E-state index is 4.51. The topological polar surface area (TPSA) is 43.8 Å². The number of piperidine rings is 1. The predicted molar refractivity (Wildman–Crippen MR) is 111 cm³/mol. The molecule has 0 radical (unpaired) electrons. The first kappa shape index (κ1) is 20.2. The van der Waals surface area contributed by atoms with Crippen LogP contribution in [0.2, 0.25) is 0 Å². The zero-order valence-electron chi connectivity index (χ0n) is 18.0. The van der Waals surface area contributed by atoms with Crippen LogP contribution in [-0.2, 0) is 6.54 Å². The second kappa shape index (κ2) is 9.07. The maximum absolute atomic E-state index is 4.51. The summed E-state index contributed by atoms with van der Waals surface area (Å²) in [7, 11) is 0. The highest BCUT2D eigenvalue weighted by Crippen LogP contribution is 2.22. The average molecular weight is 374 g/mol. The SMILES string of the molecule is Cc1cc(C[NH2+]CCC[NH+]2CCCC[C@@H]2C)c(C)n1-c1ccnn1C(C)C. The highest BCUT2D eigenvalue weighted by Gasteiger charge is 2.21. The van der Waals surface area contributed by atoms with Crippen LogP contribution in [0.3, 0.4) is 0 Å². The van der Waals surface area contributed by atoms with Crippen molar-refractivity contribution in [1.29, 1.82) is 0 Å². The van der Waals surface area contributed by atoms with Gasteiger partial charge in [0.15, 0.2) is 0 Å². The van der Waals surface area contributed by atoms with Gasteiger partial charge >= 0.3 is 0 Å². The molecule has 0 bridgehead atoms. The van der Waals surface area contributed by atoms with E-state index in [-0.39, 0.29) is 0 Å². The first-order valence-corrected chi connectivity index (χ1v) is 10.9. The Balaban J connectivity index is 1.55. The van der Waals surface area contributed by atoms with E-state index in [0.717, 1.165) is 12.6 Å². The van der Waals surface area contributed by atoms with Gasteiger partial charge in [-0.3, -0.25) is 0 Å². The summed E-state index contributed by atoms with van der Waals surface area (Å²) in [6, 6.07) is 5.70. The molecule has 0 saturated carbocycles. The lowest BCUT2D eigenvalue weighted by molar-refractivity contribution is -0.930. The van der Waals surface area contributed by atoms with E-state index in [2.05, 4.69) is 66.4 Å². The van der Waals surface area contributed by atoms with Crippen LogP contribution >= 0.6 is 0 Å². The van der Waals surface area contributed by atoms with Crippen LogP contribution in [0.1, 0.15) is 69.4 Å². The molecule has 2 aromatic heterocycles. The first-order valence-electron chi connectivity index (χ1n) is 10.9. The van der Waals surface area contributed by atoms with Crippen LogP contribution in [-0.4, -0.2) is 40.0 Å². The van der Waals surface area contributed by atoms with Gasteiger partial charge in [0.25, 0.3) is 0 Å². The van der Waals surface area contributed by atoms with E-state index >= 15 is 0 Å². The third-order valence-electron chi connectivity index (χ3n) is 6.26. The fourth-order valence-electron chi connectivity index (χ4n) is 4.63. The molecule has 3 heterocycles. The highest BCUT2D eigenvalue weighted by atomic mass is 15.3. The number of likely N-dealkylation sites (tertiary alicyclic amines) is 1. The quantitative estimate of drug-likeness (QED) is 0.681. The van der Waals surface area contributed by atoms with E-state index in [1.54, 1.807) is 0 Å². The lowest BCUT2D eigenvalue weighted by atomic mass is 10.0. The van der Waals surface area contributed by atoms with Crippen molar-refractivity contribution in [2.24, 2.45) is 0 Å². The summed E-state index contributed by atoms with van der Waals surface area (Å²) < 4.78 is 4.46. The molecule has 2 atom stereocenters. The van der Waals surface area contributed by atoms with Crippen LogP contribution in [0.5, 0.6) is 0 Å². The number of nitrogens with zero attached hydrogens (tertiary/aromatic N) is 3. The number of quaternary nitrogens is 2. The second-order valence-electron chi connectivity index (χ2n) is 8.65. The average Bonchev–Trinajstić information content (AvgIpc) is 3.21. The molecule has 1 fully saturated rings. The Morgan fingerprint density at radius 2 is 2.11 bits per heavy atom. The van der Waals surface area contributed by atoms with Crippen molar-refractivity contribution in [3.05, 3.63) is 35.3 Å². The normalized spacial score (nSPS) is 20.5. The molecule has 5 nitrogen and oxygen atoms in total. The van der Waals surface area contributed by atoms with Gasteiger partial charge in [-0.1, -0.05) is 0 Å². The van der Waals surface area contributed by atoms with E-state index in [0.29, 0.717) is 6.04 Å². The van der Waals surface area contributed by atoms with Crippen molar-refractivity contribution in [3.8, 4) is 5.82 Å².